The highest BCUT2D eigenvalue weighted by molar-refractivity contribution is 7.75. The number of pyridine rings is 1. The Kier molecular flexibility index (Phi) is 8.03. The quantitative estimate of drug-likeness (QED) is 0.269. The summed E-state index contributed by atoms with van der Waals surface area (Å²) in [4.78, 5) is 7.11. The van der Waals surface area contributed by atoms with E-state index in [4.69, 9.17) is 9.17 Å². The molecule has 7 heteroatoms. The SMILES string of the molecule is CN=Nc1ccccc1Cc1cccc(NC2CCC(N(C)C(C)OS)CC2)n1. The lowest BCUT2D eigenvalue weighted by molar-refractivity contribution is 0.0314. The molecule has 0 bridgehead atoms. The molecule has 1 unspecified atom stereocenters. The van der Waals surface area contributed by atoms with Crippen molar-refractivity contribution in [2.45, 2.75) is 57.3 Å². The number of nitrogens with zero attached hydrogens (tertiary/aromatic N) is 4. The molecule has 3 rings (SSSR count). The summed E-state index contributed by atoms with van der Waals surface area (Å²) in [6.07, 6.45) is 5.31. The molecule has 1 atom stereocenters. The first-order valence-corrected chi connectivity index (χ1v) is 10.6. The molecule has 1 heterocycles. The van der Waals surface area contributed by atoms with Crippen LogP contribution in [0.25, 0.3) is 0 Å². The van der Waals surface area contributed by atoms with Crippen LogP contribution in [0.1, 0.15) is 43.9 Å². The first-order chi connectivity index (χ1) is 14.1. The van der Waals surface area contributed by atoms with Gasteiger partial charge in [0.25, 0.3) is 0 Å². The lowest BCUT2D eigenvalue weighted by Crippen LogP contribution is -2.42. The second-order valence-electron chi connectivity index (χ2n) is 7.64. The lowest BCUT2D eigenvalue weighted by Gasteiger charge is -2.37. The predicted octanol–water partition coefficient (Wildman–Crippen LogP) is 5.25. The number of benzene rings is 1. The van der Waals surface area contributed by atoms with E-state index in [1.54, 1.807) is 7.05 Å². The summed E-state index contributed by atoms with van der Waals surface area (Å²) in [7, 11) is 3.80. The van der Waals surface area contributed by atoms with Crippen LogP contribution in [0.4, 0.5) is 11.5 Å². The third kappa shape index (κ3) is 6.01. The minimum absolute atomic E-state index is 0.0290. The molecule has 1 saturated carbocycles. The van der Waals surface area contributed by atoms with Crippen molar-refractivity contribution in [3.05, 3.63) is 53.7 Å². The molecule has 6 nitrogen and oxygen atoms in total. The summed E-state index contributed by atoms with van der Waals surface area (Å²) < 4.78 is 5.16. The van der Waals surface area contributed by atoms with E-state index in [0.29, 0.717) is 12.1 Å². The third-order valence-electron chi connectivity index (χ3n) is 5.73. The maximum absolute atomic E-state index is 5.16. The summed E-state index contributed by atoms with van der Waals surface area (Å²) in [6, 6.07) is 15.3. The zero-order valence-corrected chi connectivity index (χ0v) is 18.3. The van der Waals surface area contributed by atoms with Gasteiger partial charge in [-0.3, -0.25) is 9.08 Å². The van der Waals surface area contributed by atoms with Gasteiger partial charge in [-0.25, -0.2) is 4.98 Å². The normalized spacial score (nSPS) is 20.9. The van der Waals surface area contributed by atoms with Crippen LogP contribution in [-0.2, 0) is 10.6 Å². The van der Waals surface area contributed by atoms with Gasteiger partial charge in [0.2, 0.25) is 0 Å². The van der Waals surface area contributed by atoms with Gasteiger partial charge in [-0.1, -0.05) is 24.3 Å². The van der Waals surface area contributed by atoms with Crippen molar-refractivity contribution in [3.8, 4) is 0 Å². The second kappa shape index (κ2) is 10.7. The van der Waals surface area contributed by atoms with Gasteiger partial charge in [-0.2, -0.15) is 10.2 Å². The fourth-order valence-corrected chi connectivity index (χ4v) is 4.08. The minimum Gasteiger partial charge on any atom is -0.367 e. The van der Waals surface area contributed by atoms with Crippen LogP contribution in [0.3, 0.4) is 0 Å². The molecule has 1 aliphatic carbocycles. The molecule has 1 fully saturated rings. The van der Waals surface area contributed by atoms with Crippen molar-refractivity contribution in [3.63, 3.8) is 0 Å². The van der Waals surface area contributed by atoms with E-state index >= 15 is 0 Å². The standard InChI is InChI=1S/C22H31N5OS/c1-16(28-29)27(3)20-13-11-18(12-14-20)24-22-10-6-8-19(25-22)15-17-7-4-5-9-21(17)26-23-2/h4-10,16,18,20,29H,11-15H2,1-3H3,(H,24,25). The predicted molar refractivity (Wildman–Crippen MR) is 121 cm³/mol. The average Bonchev–Trinajstić information content (AvgIpc) is 2.75. The number of anilines is 1. The van der Waals surface area contributed by atoms with Gasteiger partial charge >= 0.3 is 0 Å². The van der Waals surface area contributed by atoms with E-state index in [0.717, 1.165) is 54.9 Å². The highest BCUT2D eigenvalue weighted by Gasteiger charge is 2.26. The van der Waals surface area contributed by atoms with Gasteiger partial charge in [0.15, 0.2) is 0 Å². The number of thiol groups is 1. The molecule has 2 aromatic rings. The van der Waals surface area contributed by atoms with E-state index in [2.05, 4.69) is 64.7 Å². The fourth-order valence-electron chi connectivity index (χ4n) is 3.93. The van der Waals surface area contributed by atoms with Gasteiger partial charge in [0, 0.05) is 31.2 Å². The molecule has 156 valence electrons. The van der Waals surface area contributed by atoms with E-state index in [-0.39, 0.29) is 6.23 Å². The number of azo groups is 1. The van der Waals surface area contributed by atoms with Crippen molar-refractivity contribution in [2.75, 3.05) is 19.4 Å². The molecular formula is C22H31N5OS. The molecule has 1 aliphatic rings. The Labute approximate surface area is 179 Å². The van der Waals surface area contributed by atoms with Crippen LogP contribution < -0.4 is 5.32 Å². The third-order valence-corrected chi connectivity index (χ3v) is 6.03. The topological polar surface area (TPSA) is 62.1 Å². The Morgan fingerprint density at radius 3 is 2.66 bits per heavy atom. The van der Waals surface area contributed by atoms with Crippen LogP contribution >= 0.6 is 12.9 Å². The Balaban J connectivity index is 1.59. The van der Waals surface area contributed by atoms with Crippen LogP contribution in [0, 0.1) is 0 Å². The van der Waals surface area contributed by atoms with Crippen LogP contribution in [0.5, 0.6) is 0 Å². The summed E-state index contributed by atoms with van der Waals surface area (Å²) in [5.41, 5.74) is 3.06. The maximum atomic E-state index is 5.16. The fraction of sp³-hybridized carbons (Fsp3) is 0.500. The number of rotatable bonds is 8. The first-order valence-electron chi connectivity index (χ1n) is 10.2. The molecule has 1 N–H and O–H groups in total. The number of aromatic nitrogens is 1. The maximum Gasteiger partial charge on any atom is 0.126 e. The Morgan fingerprint density at radius 2 is 1.93 bits per heavy atom. The van der Waals surface area contributed by atoms with E-state index < -0.39 is 0 Å². The number of hydrogen-bond acceptors (Lipinski definition) is 7. The molecule has 1 aromatic heterocycles. The summed E-state index contributed by atoms with van der Waals surface area (Å²) >= 11 is 3.95. The van der Waals surface area contributed by atoms with Gasteiger partial charge in [-0.15, -0.1) is 0 Å². The van der Waals surface area contributed by atoms with Crippen molar-refractivity contribution >= 4 is 24.4 Å². The largest absolute Gasteiger partial charge is 0.367 e. The Bertz CT molecular complexity index is 807. The van der Waals surface area contributed by atoms with E-state index in [1.807, 2.05) is 25.1 Å². The molecule has 1 aromatic carbocycles. The molecule has 29 heavy (non-hydrogen) atoms. The molecule has 0 radical (unpaired) electrons. The molecule has 0 amide bonds. The zero-order chi connectivity index (χ0) is 20.6. The highest BCUT2D eigenvalue weighted by atomic mass is 32.1. The van der Waals surface area contributed by atoms with E-state index in [1.165, 1.54) is 0 Å². The zero-order valence-electron chi connectivity index (χ0n) is 17.5. The van der Waals surface area contributed by atoms with Crippen LogP contribution in [0.2, 0.25) is 0 Å². The van der Waals surface area contributed by atoms with Crippen molar-refractivity contribution in [1.29, 1.82) is 0 Å². The van der Waals surface area contributed by atoms with Crippen molar-refractivity contribution in [2.24, 2.45) is 10.2 Å². The van der Waals surface area contributed by atoms with E-state index in [9.17, 15) is 0 Å². The smallest absolute Gasteiger partial charge is 0.126 e. The highest BCUT2D eigenvalue weighted by Crippen LogP contribution is 2.27. The number of hydrogen-bond donors (Lipinski definition) is 2. The Morgan fingerprint density at radius 1 is 1.17 bits per heavy atom. The summed E-state index contributed by atoms with van der Waals surface area (Å²) in [6.45, 7) is 2.03. The Hall–Kier alpha value is -1.96. The summed E-state index contributed by atoms with van der Waals surface area (Å²) in [5, 5.41) is 11.8. The molecule has 0 saturated heterocycles. The minimum atomic E-state index is 0.0290. The monoisotopic (exact) mass is 413 g/mol. The van der Waals surface area contributed by atoms with Gasteiger partial charge in [0.1, 0.15) is 12.0 Å². The lowest BCUT2D eigenvalue weighted by atomic mass is 9.90. The molecule has 0 spiro atoms. The van der Waals surface area contributed by atoms with Gasteiger partial charge in [0.05, 0.1) is 5.69 Å². The summed E-state index contributed by atoms with van der Waals surface area (Å²) in [5.74, 6) is 0.945. The van der Waals surface area contributed by atoms with Gasteiger partial charge in [-0.05, 0) is 76.3 Å². The van der Waals surface area contributed by atoms with Crippen molar-refractivity contribution in [1.82, 2.24) is 9.88 Å². The van der Waals surface area contributed by atoms with Crippen LogP contribution in [0.15, 0.2) is 52.7 Å². The van der Waals surface area contributed by atoms with Crippen molar-refractivity contribution < 1.29 is 4.18 Å². The van der Waals surface area contributed by atoms with Gasteiger partial charge < -0.3 is 5.32 Å². The second-order valence-corrected chi connectivity index (χ2v) is 7.85. The average molecular weight is 414 g/mol. The number of nitrogens with one attached hydrogen (secondary N) is 1. The molecule has 0 aliphatic heterocycles. The first kappa shape index (κ1) is 21.7. The van der Waals surface area contributed by atoms with Crippen LogP contribution in [-0.4, -0.2) is 42.3 Å². The molecular weight excluding hydrogens is 382 g/mol.